The Morgan fingerprint density at radius 1 is 1.25 bits per heavy atom. The molecule has 3 heterocycles. The van der Waals surface area contributed by atoms with Gasteiger partial charge in [-0.15, -0.1) is 0 Å². The quantitative estimate of drug-likeness (QED) is 0.397. The highest BCUT2D eigenvalue weighted by Gasteiger charge is 2.24. The largest absolute Gasteiger partial charge is 0.454 e. The fourth-order valence-corrected chi connectivity index (χ4v) is 3.04. The van der Waals surface area contributed by atoms with Crippen LogP contribution in [-0.4, -0.2) is 10.4 Å². The lowest BCUT2D eigenvalue weighted by molar-refractivity contribution is 0.104. The fraction of sp³-hybridized carbons (Fsp3) is 0.333. The summed E-state index contributed by atoms with van der Waals surface area (Å²) < 4.78 is 7.84. The van der Waals surface area contributed by atoms with Gasteiger partial charge < -0.3 is 8.98 Å². The molecule has 150 valence electrons. The molecule has 28 heavy (non-hydrogen) atoms. The van der Waals surface area contributed by atoms with E-state index in [1.165, 1.54) is 12.1 Å². The molecule has 0 unspecified atom stereocenters. The molecule has 0 fully saturated rings. The Bertz CT molecular complexity index is 1040. The highest BCUT2D eigenvalue weighted by molar-refractivity contribution is 6.04. The molecule has 0 amide bonds. The number of para-hydroxylation sites is 1. The van der Waals surface area contributed by atoms with Crippen molar-refractivity contribution in [3.63, 3.8) is 0 Å². The topological polar surface area (TPSA) is 52.2 Å². The first-order valence-corrected chi connectivity index (χ1v) is 9.84. The summed E-state index contributed by atoms with van der Waals surface area (Å²) in [6, 6.07) is 9.34. The van der Waals surface area contributed by atoms with Crippen molar-refractivity contribution in [2.24, 2.45) is 5.92 Å². The van der Waals surface area contributed by atoms with E-state index in [1.807, 2.05) is 42.7 Å². The van der Waals surface area contributed by atoms with E-state index in [-0.39, 0.29) is 18.2 Å². The maximum atomic E-state index is 12.2. The number of carbonyl (C=O) groups is 1. The van der Waals surface area contributed by atoms with Gasteiger partial charge in [0, 0.05) is 31.2 Å². The summed E-state index contributed by atoms with van der Waals surface area (Å²) in [5.74, 6) is 1.21. The minimum atomic E-state index is -0.351. The van der Waals surface area contributed by atoms with Crippen molar-refractivity contribution >= 4 is 16.8 Å². The number of rotatable bonds is 2. The number of aryl methyl sites for hydroxylation is 2. The van der Waals surface area contributed by atoms with Gasteiger partial charge in [0.05, 0.1) is 11.3 Å². The van der Waals surface area contributed by atoms with Crippen molar-refractivity contribution in [2.45, 2.75) is 47.6 Å². The number of pyridine rings is 1. The Hall–Kier alpha value is -2.88. The number of allylic oxidation sites excluding steroid dienone is 1. The molecule has 0 N–H and O–H groups in total. The zero-order valence-corrected chi connectivity index (χ0v) is 17.4. The monoisotopic (exact) mass is 381 g/mol. The third kappa shape index (κ3) is 4.33. The van der Waals surface area contributed by atoms with E-state index in [9.17, 15) is 9.59 Å². The molecule has 1 aliphatic heterocycles. The van der Waals surface area contributed by atoms with Gasteiger partial charge in [0.1, 0.15) is 5.58 Å². The second kappa shape index (κ2) is 9.36. The lowest BCUT2D eigenvalue weighted by atomic mass is 10.0. The van der Waals surface area contributed by atoms with Crippen molar-refractivity contribution in [1.29, 1.82) is 0 Å². The van der Waals surface area contributed by atoms with Gasteiger partial charge in [-0.3, -0.25) is 9.59 Å². The molecule has 0 saturated carbocycles. The number of hydrogen-bond acceptors (Lipinski definition) is 3. The first kappa shape index (κ1) is 21.4. The summed E-state index contributed by atoms with van der Waals surface area (Å²) in [5.41, 5.74) is 2.52. The Balaban J connectivity index is 0.000000541. The maximum absolute atomic E-state index is 12.2. The van der Waals surface area contributed by atoms with Gasteiger partial charge in [-0.05, 0) is 24.5 Å². The standard InChI is InChI=1S/C18H13NO3.C4H10.C2H6.H2/c1-2-15(20)13-10-19-8-7-12-11-5-3-4-6-17(11)22-18(12)14(19)9-16(13)21;1-4(2)3;1-2;/h2-6,9-10H,1,7-8H2;4H,1-3H3;1-2H3;1H. The van der Waals surface area contributed by atoms with Crippen LogP contribution in [0.5, 0.6) is 0 Å². The molecule has 0 spiro atoms. The average molecular weight is 382 g/mol. The predicted molar refractivity (Wildman–Crippen MR) is 118 cm³/mol. The Kier molecular flexibility index (Phi) is 7.16. The van der Waals surface area contributed by atoms with Crippen molar-refractivity contribution in [1.82, 2.24) is 4.57 Å². The normalized spacial score (nSPS) is 11.5. The number of hydrogen-bond donors (Lipinski definition) is 0. The number of fused-ring (bicyclic) bond motifs is 5. The second-order valence-electron chi connectivity index (χ2n) is 7.09. The minimum Gasteiger partial charge on any atom is -0.454 e. The van der Waals surface area contributed by atoms with Crippen LogP contribution in [-0.2, 0) is 13.0 Å². The van der Waals surface area contributed by atoms with Crippen molar-refractivity contribution in [3.8, 4) is 11.5 Å². The molecular formula is C24H31NO3. The smallest absolute Gasteiger partial charge is 0.193 e. The Labute approximate surface area is 168 Å². The lowest BCUT2D eigenvalue weighted by Gasteiger charge is -2.18. The van der Waals surface area contributed by atoms with Gasteiger partial charge in [0.2, 0.25) is 0 Å². The molecule has 3 aromatic rings. The Morgan fingerprint density at radius 3 is 2.54 bits per heavy atom. The van der Waals surface area contributed by atoms with Gasteiger partial charge in [-0.25, -0.2) is 0 Å². The van der Waals surface area contributed by atoms with Crippen LogP contribution in [0.4, 0.5) is 0 Å². The van der Waals surface area contributed by atoms with E-state index in [0.29, 0.717) is 6.54 Å². The molecule has 1 aromatic carbocycles. The number of carbonyl (C=O) groups excluding carboxylic acids is 1. The fourth-order valence-electron chi connectivity index (χ4n) is 3.04. The van der Waals surface area contributed by atoms with Crippen LogP contribution in [0.1, 0.15) is 52.0 Å². The number of aromatic nitrogens is 1. The van der Waals surface area contributed by atoms with Gasteiger partial charge in [0.15, 0.2) is 17.0 Å². The molecular weight excluding hydrogens is 350 g/mol. The average Bonchev–Trinajstić information content (AvgIpc) is 3.07. The van der Waals surface area contributed by atoms with Crippen molar-refractivity contribution in [3.05, 3.63) is 70.5 Å². The molecule has 0 bridgehead atoms. The van der Waals surface area contributed by atoms with Crippen LogP contribution in [0.2, 0.25) is 0 Å². The number of ketones is 1. The van der Waals surface area contributed by atoms with Crippen LogP contribution in [0.15, 0.2) is 58.4 Å². The zero-order chi connectivity index (χ0) is 20.8. The van der Waals surface area contributed by atoms with Gasteiger partial charge in [-0.2, -0.15) is 0 Å². The van der Waals surface area contributed by atoms with Crippen LogP contribution in [0.25, 0.3) is 22.4 Å². The van der Waals surface area contributed by atoms with E-state index in [1.54, 1.807) is 6.20 Å². The SMILES string of the molecule is C=CC(=O)c1cn2c(cc1=O)-c1oc3ccccc3c1CC2.CC.CC(C)C.[HH]. The summed E-state index contributed by atoms with van der Waals surface area (Å²) in [6.07, 6.45) is 3.58. The molecule has 0 radical (unpaired) electrons. The summed E-state index contributed by atoms with van der Waals surface area (Å²) >= 11 is 0. The van der Waals surface area contributed by atoms with Crippen LogP contribution >= 0.6 is 0 Å². The van der Waals surface area contributed by atoms with E-state index >= 15 is 0 Å². The minimum absolute atomic E-state index is 0. The van der Waals surface area contributed by atoms with E-state index in [0.717, 1.165) is 40.3 Å². The van der Waals surface area contributed by atoms with E-state index in [2.05, 4.69) is 27.4 Å². The summed E-state index contributed by atoms with van der Waals surface area (Å²) in [6.45, 7) is 14.7. The highest BCUT2D eigenvalue weighted by atomic mass is 16.3. The summed E-state index contributed by atoms with van der Waals surface area (Å²) in [5, 5.41) is 1.09. The molecule has 4 rings (SSSR count). The first-order valence-electron chi connectivity index (χ1n) is 9.84. The number of nitrogens with zero attached hydrogens (tertiary/aromatic N) is 1. The Morgan fingerprint density at radius 2 is 1.89 bits per heavy atom. The number of furan rings is 1. The molecule has 2 aromatic heterocycles. The van der Waals surface area contributed by atoms with Crippen LogP contribution in [0, 0.1) is 5.92 Å². The molecule has 4 nitrogen and oxygen atoms in total. The van der Waals surface area contributed by atoms with Crippen molar-refractivity contribution in [2.75, 3.05) is 0 Å². The first-order chi connectivity index (χ1) is 13.4. The van der Waals surface area contributed by atoms with Crippen LogP contribution in [0.3, 0.4) is 0 Å². The van der Waals surface area contributed by atoms with Crippen LogP contribution < -0.4 is 5.43 Å². The third-order valence-electron chi connectivity index (χ3n) is 4.11. The zero-order valence-electron chi connectivity index (χ0n) is 17.4. The molecule has 0 atom stereocenters. The molecule has 0 aliphatic carbocycles. The summed E-state index contributed by atoms with van der Waals surface area (Å²) in [4.78, 5) is 23.9. The van der Waals surface area contributed by atoms with E-state index in [4.69, 9.17) is 4.42 Å². The molecule has 4 heteroatoms. The van der Waals surface area contributed by atoms with Gasteiger partial charge in [-0.1, -0.05) is 59.4 Å². The van der Waals surface area contributed by atoms with Gasteiger partial charge >= 0.3 is 0 Å². The lowest BCUT2D eigenvalue weighted by Crippen LogP contribution is -2.20. The third-order valence-corrected chi connectivity index (χ3v) is 4.11. The van der Waals surface area contributed by atoms with Crippen molar-refractivity contribution < 1.29 is 10.6 Å². The second-order valence-corrected chi connectivity index (χ2v) is 7.09. The molecule has 1 aliphatic rings. The molecule has 0 saturated heterocycles. The highest BCUT2D eigenvalue weighted by Crippen LogP contribution is 2.36. The summed E-state index contributed by atoms with van der Waals surface area (Å²) in [7, 11) is 0. The maximum Gasteiger partial charge on any atom is 0.193 e. The van der Waals surface area contributed by atoms with Gasteiger partial charge in [0.25, 0.3) is 0 Å². The van der Waals surface area contributed by atoms with E-state index < -0.39 is 0 Å². The number of benzene rings is 1. The predicted octanol–water partition coefficient (Wildman–Crippen LogP) is 6.12.